The number of alkyl halides is 2. The van der Waals surface area contributed by atoms with Gasteiger partial charge in [-0.1, -0.05) is 6.07 Å². The lowest BCUT2D eigenvalue weighted by Gasteiger charge is -2.11. The molecule has 0 atom stereocenters. The summed E-state index contributed by atoms with van der Waals surface area (Å²) >= 11 is 1.11. The largest absolute Gasteiger partial charge is 0.489 e. The fraction of sp³-hybridized carbons (Fsp3) is 0.105. The fourth-order valence-corrected chi connectivity index (χ4v) is 3.06. The predicted molar refractivity (Wildman–Crippen MR) is 96.0 cm³/mol. The molecule has 0 saturated carbocycles. The number of benzene rings is 2. The van der Waals surface area contributed by atoms with Crippen molar-refractivity contribution in [3.05, 3.63) is 76.0 Å². The van der Waals surface area contributed by atoms with Crippen LogP contribution in [0.3, 0.4) is 0 Å². The number of hydrogen-bond donors (Lipinski definition) is 1. The highest BCUT2D eigenvalue weighted by Crippen LogP contribution is 2.28. The van der Waals surface area contributed by atoms with Gasteiger partial charge in [-0.25, -0.2) is 8.78 Å². The van der Waals surface area contributed by atoms with Gasteiger partial charge in [0.25, 0.3) is 5.91 Å². The van der Waals surface area contributed by atoms with Gasteiger partial charge in [-0.15, -0.1) is 11.3 Å². The molecular weight excluding hydrogens is 398 g/mol. The number of anilines is 1. The summed E-state index contributed by atoms with van der Waals surface area (Å²) in [7, 11) is 0. The van der Waals surface area contributed by atoms with Crippen LogP contribution in [-0.2, 0) is 6.61 Å². The first-order valence-corrected chi connectivity index (χ1v) is 8.80. The number of carbonyl (C=O) groups excluding carboxylic acids is 1. The summed E-state index contributed by atoms with van der Waals surface area (Å²) in [6, 6.07) is 10.1. The Balaban J connectivity index is 1.66. The lowest BCUT2D eigenvalue weighted by atomic mass is 10.2. The first-order chi connectivity index (χ1) is 13.4. The average Bonchev–Trinajstić information content (AvgIpc) is 3.11. The summed E-state index contributed by atoms with van der Waals surface area (Å²) < 4.78 is 61.0. The van der Waals surface area contributed by atoms with E-state index in [1.54, 1.807) is 17.5 Å². The van der Waals surface area contributed by atoms with Crippen LogP contribution in [0.5, 0.6) is 11.5 Å². The highest BCUT2D eigenvalue weighted by Gasteiger charge is 2.16. The molecule has 0 aliphatic heterocycles. The molecule has 146 valence electrons. The SMILES string of the molecule is O=C(Nc1ccc(F)cc1OC(F)F)c1cc(COc2cccc(F)c2)cs1. The van der Waals surface area contributed by atoms with E-state index in [0.717, 1.165) is 29.5 Å². The molecule has 0 radical (unpaired) electrons. The summed E-state index contributed by atoms with van der Waals surface area (Å²) in [6.45, 7) is -3.05. The van der Waals surface area contributed by atoms with Crippen molar-refractivity contribution in [2.24, 2.45) is 0 Å². The van der Waals surface area contributed by atoms with E-state index in [0.29, 0.717) is 11.3 Å². The molecule has 0 fully saturated rings. The standard InChI is InChI=1S/C19H13F4NO3S/c20-12-2-1-3-14(7-12)26-9-11-6-17(28-10-11)18(25)24-15-5-4-13(21)8-16(15)27-19(22)23/h1-8,10,19H,9H2,(H,24,25). The van der Waals surface area contributed by atoms with Crippen molar-refractivity contribution in [2.75, 3.05) is 5.32 Å². The quantitative estimate of drug-likeness (QED) is 0.526. The maximum absolute atomic E-state index is 13.2. The van der Waals surface area contributed by atoms with Crippen molar-refractivity contribution in [2.45, 2.75) is 13.2 Å². The minimum absolute atomic E-state index is 0.0855. The molecule has 1 amide bonds. The number of ether oxygens (including phenoxy) is 2. The monoisotopic (exact) mass is 411 g/mol. The van der Waals surface area contributed by atoms with E-state index in [4.69, 9.17) is 4.74 Å². The Kier molecular flexibility index (Phi) is 6.15. The number of nitrogens with one attached hydrogen (secondary N) is 1. The maximum atomic E-state index is 13.2. The minimum atomic E-state index is -3.16. The molecule has 0 spiro atoms. The minimum Gasteiger partial charge on any atom is -0.489 e. The summed E-state index contributed by atoms with van der Waals surface area (Å²) in [6.07, 6.45) is 0. The topological polar surface area (TPSA) is 47.6 Å². The molecule has 2 aromatic carbocycles. The van der Waals surface area contributed by atoms with Crippen LogP contribution in [0, 0.1) is 11.6 Å². The number of amides is 1. The van der Waals surface area contributed by atoms with Crippen LogP contribution in [0.1, 0.15) is 15.2 Å². The summed E-state index contributed by atoms with van der Waals surface area (Å²) in [4.78, 5) is 12.6. The second kappa shape index (κ2) is 8.75. The lowest BCUT2D eigenvalue weighted by molar-refractivity contribution is -0.0495. The van der Waals surface area contributed by atoms with E-state index in [-0.39, 0.29) is 17.2 Å². The molecule has 0 bridgehead atoms. The molecule has 1 aromatic heterocycles. The molecule has 1 heterocycles. The van der Waals surface area contributed by atoms with Gasteiger partial charge in [0.05, 0.1) is 10.6 Å². The Bertz CT molecular complexity index is 977. The van der Waals surface area contributed by atoms with E-state index in [1.165, 1.54) is 18.2 Å². The molecule has 1 N–H and O–H groups in total. The smallest absolute Gasteiger partial charge is 0.387 e. The molecule has 0 saturated heterocycles. The van der Waals surface area contributed by atoms with Crippen LogP contribution in [0.2, 0.25) is 0 Å². The third-order valence-electron chi connectivity index (χ3n) is 3.49. The lowest BCUT2D eigenvalue weighted by Crippen LogP contribution is -2.13. The van der Waals surface area contributed by atoms with Gasteiger partial charge >= 0.3 is 6.61 Å². The van der Waals surface area contributed by atoms with E-state index in [2.05, 4.69) is 10.1 Å². The van der Waals surface area contributed by atoms with Crippen molar-refractivity contribution in [3.63, 3.8) is 0 Å². The van der Waals surface area contributed by atoms with E-state index >= 15 is 0 Å². The Labute approximate surface area is 161 Å². The molecule has 3 aromatic rings. The normalized spacial score (nSPS) is 10.8. The molecular formula is C19H13F4NO3S. The van der Waals surface area contributed by atoms with Gasteiger partial charge in [0, 0.05) is 17.7 Å². The van der Waals surface area contributed by atoms with Crippen LogP contribution < -0.4 is 14.8 Å². The molecule has 0 aliphatic rings. The molecule has 28 heavy (non-hydrogen) atoms. The second-order valence-corrected chi connectivity index (χ2v) is 6.45. The van der Waals surface area contributed by atoms with Gasteiger partial charge in [0.1, 0.15) is 24.0 Å². The Morgan fingerprint density at radius 3 is 2.61 bits per heavy atom. The zero-order valence-corrected chi connectivity index (χ0v) is 14.9. The van der Waals surface area contributed by atoms with Crippen LogP contribution >= 0.6 is 11.3 Å². The number of rotatable bonds is 7. The van der Waals surface area contributed by atoms with Gasteiger partial charge < -0.3 is 14.8 Å². The Morgan fingerprint density at radius 2 is 1.86 bits per heavy atom. The van der Waals surface area contributed by atoms with E-state index in [1.807, 2.05) is 0 Å². The van der Waals surface area contributed by atoms with Crippen LogP contribution in [0.15, 0.2) is 53.9 Å². The van der Waals surface area contributed by atoms with Crippen LogP contribution in [0.25, 0.3) is 0 Å². The van der Waals surface area contributed by atoms with Crippen molar-refractivity contribution in [1.82, 2.24) is 0 Å². The predicted octanol–water partition coefficient (Wildman–Crippen LogP) is 5.46. The Morgan fingerprint density at radius 1 is 1.07 bits per heavy atom. The first-order valence-electron chi connectivity index (χ1n) is 7.92. The molecule has 4 nitrogen and oxygen atoms in total. The molecule has 0 aliphatic carbocycles. The molecule has 9 heteroatoms. The summed E-state index contributed by atoms with van der Waals surface area (Å²) in [5.74, 6) is -1.91. The second-order valence-electron chi connectivity index (χ2n) is 5.54. The van der Waals surface area contributed by atoms with E-state index in [9.17, 15) is 22.4 Å². The third kappa shape index (κ3) is 5.23. The number of halogens is 4. The van der Waals surface area contributed by atoms with Crippen LogP contribution in [0.4, 0.5) is 23.2 Å². The highest BCUT2D eigenvalue weighted by molar-refractivity contribution is 7.12. The number of carbonyl (C=O) groups is 1. The molecule has 3 rings (SSSR count). The van der Waals surface area contributed by atoms with Gasteiger partial charge in [-0.3, -0.25) is 4.79 Å². The zero-order valence-electron chi connectivity index (χ0n) is 14.1. The summed E-state index contributed by atoms with van der Waals surface area (Å²) in [5, 5.41) is 4.09. The summed E-state index contributed by atoms with van der Waals surface area (Å²) in [5.41, 5.74) is 0.584. The molecule has 0 unspecified atom stereocenters. The highest BCUT2D eigenvalue weighted by atomic mass is 32.1. The zero-order chi connectivity index (χ0) is 20.1. The number of thiophene rings is 1. The average molecular weight is 411 g/mol. The van der Waals surface area contributed by atoms with Crippen LogP contribution in [-0.4, -0.2) is 12.5 Å². The van der Waals surface area contributed by atoms with Crippen molar-refractivity contribution in [1.29, 1.82) is 0 Å². The van der Waals surface area contributed by atoms with Gasteiger partial charge in [-0.2, -0.15) is 8.78 Å². The van der Waals surface area contributed by atoms with E-state index < -0.39 is 29.9 Å². The first kappa shape index (κ1) is 19.7. The van der Waals surface area contributed by atoms with Crippen molar-refractivity contribution < 1.29 is 31.8 Å². The van der Waals surface area contributed by atoms with Gasteiger partial charge in [0.2, 0.25) is 0 Å². The van der Waals surface area contributed by atoms with Gasteiger partial charge in [-0.05, 0) is 35.7 Å². The van der Waals surface area contributed by atoms with Gasteiger partial charge in [0.15, 0.2) is 5.75 Å². The number of hydrogen-bond acceptors (Lipinski definition) is 4. The van der Waals surface area contributed by atoms with Crippen molar-refractivity contribution in [3.8, 4) is 11.5 Å². The third-order valence-corrected chi connectivity index (χ3v) is 4.46. The fourth-order valence-electron chi connectivity index (χ4n) is 2.27. The Hall–Kier alpha value is -3.07. The van der Waals surface area contributed by atoms with Crippen molar-refractivity contribution >= 4 is 22.9 Å². The maximum Gasteiger partial charge on any atom is 0.387 e.